The van der Waals surface area contributed by atoms with Crippen molar-refractivity contribution < 1.29 is 29.9 Å². The molecule has 0 amide bonds. The molecule has 0 bridgehead atoms. The summed E-state index contributed by atoms with van der Waals surface area (Å²) in [6.07, 6.45) is -5.88. The molecule has 0 aliphatic carbocycles. The second kappa shape index (κ2) is 6.42. The van der Waals surface area contributed by atoms with Crippen molar-refractivity contribution in [2.75, 3.05) is 13.2 Å². The van der Waals surface area contributed by atoms with Gasteiger partial charge >= 0.3 is 0 Å². The molecule has 1 aliphatic heterocycles. The van der Waals surface area contributed by atoms with Crippen molar-refractivity contribution >= 4 is 0 Å². The highest BCUT2D eigenvalue weighted by Gasteiger charge is 2.36. The predicted molar refractivity (Wildman–Crippen MR) is 65.1 cm³/mol. The molecule has 1 saturated heterocycles. The highest BCUT2D eigenvalue weighted by Crippen LogP contribution is 2.25. The van der Waals surface area contributed by atoms with Crippen molar-refractivity contribution in [3.05, 3.63) is 35.9 Å². The van der Waals surface area contributed by atoms with Gasteiger partial charge in [0, 0.05) is 5.56 Å². The van der Waals surface area contributed by atoms with E-state index in [0.717, 1.165) is 0 Å². The summed E-state index contributed by atoms with van der Waals surface area (Å²) in [5, 5.41) is 38.3. The van der Waals surface area contributed by atoms with Gasteiger partial charge in [-0.15, -0.1) is 0 Å². The van der Waals surface area contributed by atoms with Gasteiger partial charge in [-0.25, -0.2) is 0 Å². The molecule has 1 aromatic rings. The first-order chi connectivity index (χ1) is 9.13. The summed E-state index contributed by atoms with van der Waals surface area (Å²) in [5.41, 5.74) is 0.705. The molecule has 1 unspecified atom stereocenters. The molecule has 19 heavy (non-hydrogen) atoms. The van der Waals surface area contributed by atoms with E-state index in [1.165, 1.54) is 0 Å². The summed E-state index contributed by atoms with van der Waals surface area (Å²) in [6.45, 7) is -0.659. The lowest BCUT2D eigenvalue weighted by molar-refractivity contribution is -0.256. The van der Waals surface area contributed by atoms with E-state index >= 15 is 0 Å². The Labute approximate surface area is 110 Å². The smallest absolute Gasteiger partial charge is 0.184 e. The third-order valence-electron chi connectivity index (χ3n) is 3.09. The Balaban J connectivity index is 2.18. The first-order valence-electron chi connectivity index (χ1n) is 6.10. The molecular formula is C13H18O6. The molecule has 2 rings (SSSR count). The van der Waals surface area contributed by atoms with Crippen LogP contribution >= 0.6 is 0 Å². The summed E-state index contributed by atoms with van der Waals surface area (Å²) in [7, 11) is 0. The van der Waals surface area contributed by atoms with Gasteiger partial charge in [-0.1, -0.05) is 30.3 Å². The molecule has 1 aliphatic rings. The number of rotatable bonds is 2. The Kier molecular flexibility index (Phi) is 4.87. The van der Waals surface area contributed by atoms with Gasteiger partial charge in [0.1, 0.15) is 24.4 Å². The van der Waals surface area contributed by atoms with E-state index in [4.69, 9.17) is 9.47 Å². The number of ether oxygens (including phenoxy) is 2. The molecule has 1 aromatic carbocycles. The molecule has 6 heteroatoms. The maximum absolute atomic E-state index is 9.83. The second-order valence-electron chi connectivity index (χ2n) is 4.48. The van der Waals surface area contributed by atoms with Gasteiger partial charge in [-0.05, 0) is 0 Å². The van der Waals surface area contributed by atoms with Gasteiger partial charge in [0.05, 0.1) is 13.2 Å². The number of benzene rings is 1. The lowest BCUT2D eigenvalue weighted by Crippen LogP contribution is -2.51. The van der Waals surface area contributed by atoms with Crippen LogP contribution in [-0.2, 0) is 9.47 Å². The van der Waals surface area contributed by atoms with Crippen LogP contribution in [0.3, 0.4) is 0 Å². The first-order valence-corrected chi connectivity index (χ1v) is 6.10. The summed E-state index contributed by atoms with van der Waals surface area (Å²) >= 11 is 0. The van der Waals surface area contributed by atoms with E-state index in [1.54, 1.807) is 24.3 Å². The van der Waals surface area contributed by atoms with Crippen LogP contribution in [0.15, 0.2) is 30.3 Å². The van der Waals surface area contributed by atoms with Gasteiger partial charge in [0.15, 0.2) is 6.29 Å². The minimum atomic E-state index is -1.42. The van der Waals surface area contributed by atoms with Crippen LogP contribution in [0.2, 0.25) is 0 Å². The topological polar surface area (TPSA) is 99.4 Å². The molecule has 0 radical (unpaired) electrons. The summed E-state index contributed by atoms with van der Waals surface area (Å²) in [6, 6.07) is 8.99. The van der Waals surface area contributed by atoms with Crippen LogP contribution in [0.1, 0.15) is 11.9 Å². The molecule has 0 aromatic heterocycles. The highest BCUT2D eigenvalue weighted by atomic mass is 16.7. The SMILES string of the molecule is OC[C@@H]1OC(c2ccccc2)OC[C@@H](O)[C@H](O)[C@H]1O. The zero-order valence-electron chi connectivity index (χ0n) is 10.3. The van der Waals surface area contributed by atoms with Gasteiger partial charge in [-0.2, -0.15) is 0 Å². The molecule has 6 nitrogen and oxygen atoms in total. The van der Waals surface area contributed by atoms with Crippen molar-refractivity contribution in [1.29, 1.82) is 0 Å². The number of aliphatic hydroxyl groups excluding tert-OH is 4. The van der Waals surface area contributed by atoms with Gasteiger partial charge in [0.25, 0.3) is 0 Å². The fraction of sp³-hybridized carbons (Fsp3) is 0.538. The molecule has 1 fully saturated rings. The van der Waals surface area contributed by atoms with Crippen LogP contribution in [0.4, 0.5) is 0 Å². The molecule has 4 N–H and O–H groups in total. The van der Waals surface area contributed by atoms with Crippen molar-refractivity contribution in [3.8, 4) is 0 Å². The number of aliphatic hydroxyl groups is 4. The number of hydrogen-bond donors (Lipinski definition) is 4. The Morgan fingerprint density at radius 2 is 1.74 bits per heavy atom. The predicted octanol–water partition coefficient (Wildman–Crippen LogP) is -0.824. The highest BCUT2D eigenvalue weighted by molar-refractivity contribution is 5.16. The fourth-order valence-electron chi connectivity index (χ4n) is 1.95. The maximum Gasteiger partial charge on any atom is 0.184 e. The largest absolute Gasteiger partial charge is 0.394 e. The normalized spacial score (nSPS) is 36.5. The fourth-order valence-corrected chi connectivity index (χ4v) is 1.95. The van der Waals surface area contributed by atoms with Gasteiger partial charge in [-0.3, -0.25) is 0 Å². The third-order valence-corrected chi connectivity index (χ3v) is 3.09. The minimum Gasteiger partial charge on any atom is -0.394 e. The quantitative estimate of drug-likeness (QED) is 0.560. The van der Waals surface area contributed by atoms with E-state index in [2.05, 4.69) is 0 Å². The van der Waals surface area contributed by atoms with E-state index in [0.29, 0.717) is 5.56 Å². The summed E-state index contributed by atoms with van der Waals surface area (Å²) in [5.74, 6) is 0. The van der Waals surface area contributed by atoms with E-state index in [9.17, 15) is 20.4 Å². The zero-order valence-corrected chi connectivity index (χ0v) is 10.3. The van der Waals surface area contributed by atoms with Crippen molar-refractivity contribution in [2.45, 2.75) is 30.7 Å². The van der Waals surface area contributed by atoms with Crippen molar-refractivity contribution in [1.82, 2.24) is 0 Å². The Hall–Kier alpha value is -1.02. The molecule has 0 spiro atoms. The molecule has 106 valence electrons. The van der Waals surface area contributed by atoms with Crippen LogP contribution in [0, 0.1) is 0 Å². The van der Waals surface area contributed by atoms with Crippen molar-refractivity contribution in [2.24, 2.45) is 0 Å². The van der Waals surface area contributed by atoms with E-state index < -0.39 is 37.3 Å². The van der Waals surface area contributed by atoms with Gasteiger partial charge < -0.3 is 29.9 Å². The summed E-state index contributed by atoms with van der Waals surface area (Å²) in [4.78, 5) is 0. The van der Waals surface area contributed by atoms with Crippen molar-refractivity contribution in [3.63, 3.8) is 0 Å². The zero-order chi connectivity index (χ0) is 13.8. The second-order valence-corrected chi connectivity index (χ2v) is 4.48. The number of hydrogen-bond acceptors (Lipinski definition) is 6. The molecule has 1 heterocycles. The van der Waals surface area contributed by atoms with Crippen LogP contribution in [-0.4, -0.2) is 58.1 Å². The third kappa shape index (κ3) is 3.30. The maximum atomic E-state index is 9.83. The Morgan fingerprint density at radius 1 is 1.05 bits per heavy atom. The standard InChI is InChI=1S/C13H18O6/c14-6-10-12(17)11(16)9(15)7-18-13(19-10)8-4-2-1-3-5-8/h1-5,9-17H,6-7H2/t9-,10+,11+,12+,13?/m1/s1. The molecule has 0 saturated carbocycles. The molecule has 5 atom stereocenters. The van der Waals surface area contributed by atoms with E-state index in [1.807, 2.05) is 6.07 Å². The van der Waals surface area contributed by atoms with Crippen LogP contribution < -0.4 is 0 Å². The monoisotopic (exact) mass is 270 g/mol. The van der Waals surface area contributed by atoms with Crippen LogP contribution in [0.25, 0.3) is 0 Å². The minimum absolute atomic E-state index is 0.171. The van der Waals surface area contributed by atoms with E-state index in [-0.39, 0.29) is 6.61 Å². The van der Waals surface area contributed by atoms with Crippen LogP contribution in [0.5, 0.6) is 0 Å². The molecular weight excluding hydrogens is 252 g/mol. The Bertz CT molecular complexity index is 384. The average Bonchev–Trinajstić information content (AvgIpc) is 2.45. The van der Waals surface area contributed by atoms with Gasteiger partial charge in [0.2, 0.25) is 0 Å². The lowest BCUT2D eigenvalue weighted by atomic mass is 10.0. The Morgan fingerprint density at radius 3 is 2.37 bits per heavy atom. The lowest BCUT2D eigenvalue weighted by Gasteiger charge is -2.34. The first kappa shape index (κ1) is 14.4. The average molecular weight is 270 g/mol. The summed E-state index contributed by atoms with van der Waals surface area (Å²) < 4.78 is 10.8.